The number of carbonyl (C=O) groups excluding carboxylic acids is 1. The molecule has 0 heterocycles. The molecule has 0 aromatic heterocycles. The number of aryl methyl sites for hydroxylation is 1. The number of nitro groups is 1. The normalized spacial score (nSPS) is 12.2. The second kappa shape index (κ2) is 8.83. The van der Waals surface area contributed by atoms with Crippen molar-refractivity contribution < 1.29 is 18.1 Å². The fourth-order valence-corrected chi connectivity index (χ4v) is 3.62. The Morgan fingerprint density at radius 1 is 1.21 bits per heavy atom. The molecule has 9 heteroatoms. The molecule has 0 aliphatic carbocycles. The molecular formula is C19H23N3O5S. The number of carbonyl (C=O) groups is 1. The number of nitrogens with one attached hydrogen (secondary N) is 1. The maximum absolute atomic E-state index is 12.4. The summed E-state index contributed by atoms with van der Waals surface area (Å²) in [5.74, 6) is -0.435. The molecule has 1 atom stereocenters. The number of benzene rings is 2. The fraction of sp³-hybridized carbons (Fsp3) is 0.316. The number of nitro benzene ring substituents is 1. The van der Waals surface area contributed by atoms with Gasteiger partial charge in [0.2, 0.25) is 15.9 Å². The summed E-state index contributed by atoms with van der Waals surface area (Å²) in [6, 6.07) is 13.5. The van der Waals surface area contributed by atoms with Gasteiger partial charge in [-0.3, -0.25) is 19.2 Å². The van der Waals surface area contributed by atoms with Crippen molar-refractivity contribution in [2.45, 2.75) is 19.8 Å². The Hall–Kier alpha value is -2.94. The summed E-state index contributed by atoms with van der Waals surface area (Å²) < 4.78 is 25.4. The van der Waals surface area contributed by atoms with Gasteiger partial charge in [0.15, 0.2) is 0 Å². The summed E-state index contributed by atoms with van der Waals surface area (Å²) in [4.78, 5) is 22.8. The molecule has 0 saturated heterocycles. The van der Waals surface area contributed by atoms with Gasteiger partial charge in [-0.05, 0) is 24.0 Å². The van der Waals surface area contributed by atoms with E-state index in [-0.39, 0.29) is 17.3 Å². The summed E-state index contributed by atoms with van der Waals surface area (Å²) in [6.07, 6.45) is 0.963. The Bertz CT molecular complexity index is 961. The first kappa shape index (κ1) is 21.4. The Labute approximate surface area is 164 Å². The Kier molecular flexibility index (Phi) is 6.74. The van der Waals surface area contributed by atoms with Gasteiger partial charge < -0.3 is 5.32 Å². The van der Waals surface area contributed by atoms with Crippen molar-refractivity contribution in [3.8, 4) is 0 Å². The van der Waals surface area contributed by atoms with Crippen molar-refractivity contribution in [1.82, 2.24) is 5.32 Å². The van der Waals surface area contributed by atoms with Gasteiger partial charge in [-0.1, -0.05) is 43.3 Å². The topological polar surface area (TPSA) is 110 Å². The van der Waals surface area contributed by atoms with Crippen molar-refractivity contribution in [2.75, 3.05) is 23.7 Å². The van der Waals surface area contributed by atoms with Gasteiger partial charge in [0.05, 0.1) is 16.9 Å². The van der Waals surface area contributed by atoms with Crippen LogP contribution in [0.25, 0.3) is 0 Å². The number of rotatable bonds is 8. The molecule has 2 rings (SSSR count). The number of nitrogens with zero attached hydrogens (tertiary/aromatic N) is 2. The van der Waals surface area contributed by atoms with Gasteiger partial charge in [-0.15, -0.1) is 0 Å². The third kappa shape index (κ3) is 5.53. The number of amides is 1. The quantitative estimate of drug-likeness (QED) is 0.536. The van der Waals surface area contributed by atoms with Crippen LogP contribution in [0.4, 0.5) is 11.4 Å². The zero-order valence-corrected chi connectivity index (χ0v) is 16.8. The molecule has 1 unspecified atom stereocenters. The summed E-state index contributed by atoms with van der Waals surface area (Å²) in [6.45, 7) is 3.47. The van der Waals surface area contributed by atoms with Crippen LogP contribution in [0.5, 0.6) is 0 Å². The first-order chi connectivity index (χ1) is 13.1. The number of hydrogen-bond donors (Lipinski definition) is 1. The summed E-state index contributed by atoms with van der Waals surface area (Å²) in [7, 11) is -3.82. The van der Waals surface area contributed by atoms with Crippen LogP contribution >= 0.6 is 0 Å². The van der Waals surface area contributed by atoms with Crippen LogP contribution in [0.15, 0.2) is 48.5 Å². The number of non-ortho nitro benzene ring substituents is 1. The predicted octanol–water partition coefficient (Wildman–Crippen LogP) is 2.59. The van der Waals surface area contributed by atoms with E-state index in [1.54, 1.807) is 6.92 Å². The molecule has 1 N–H and O–H groups in total. The number of hydrogen-bond acceptors (Lipinski definition) is 5. The first-order valence-electron chi connectivity index (χ1n) is 8.64. The van der Waals surface area contributed by atoms with Crippen LogP contribution in [-0.2, 0) is 14.8 Å². The highest BCUT2D eigenvalue weighted by molar-refractivity contribution is 7.92. The van der Waals surface area contributed by atoms with Crippen LogP contribution < -0.4 is 9.62 Å². The zero-order valence-electron chi connectivity index (χ0n) is 16.0. The van der Waals surface area contributed by atoms with Crippen LogP contribution in [0, 0.1) is 17.0 Å². The fourth-order valence-electron chi connectivity index (χ4n) is 2.71. The Balaban J connectivity index is 2.16. The molecule has 0 radical (unpaired) electrons. The van der Waals surface area contributed by atoms with E-state index in [9.17, 15) is 23.3 Å². The van der Waals surface area contributed by atoms with E-state index < -0.39 is 27.4 Å². The second-order valence-electron chi connectivity index (χ2n) is 6.61. The van der Waals surface area contributed by atoms with E-state index in [1.165, 1.54) is 12.1 Å². The van der Waals surface area contributed by atoms with Crippen LogP contribution in [0.2, 0.25) is 0 Å². The third-order valence-corrected chi connectivity index (χ3v) is 5.46. The van der Waals surface area contributed by atoms with Gasteiger partial charge in [-0.2, -0.15) is 0 Å². The van der Waals surface area contributed by atoms with Crippen molar-refractivity contribution in [3.05, 3.63) is 69.8 Å². The first-order valence-corrected chi connectivity index (χ1v) is 10.5. The minimum absolute atomic E-state index is 0.0522. The minimum atomic E-state index is -3.82. The van der Waals surface area contributed by atoms with Gasteiger partial charge in [0.1, 0.15) is 6.54 Å². The molecule has 0 aliphatic rings. The average molecular weight is 405 g/mol. The molecule has 28 heavy (non-hydrogen) atoms. The van der Waals surface area contributed by atoms with Crippen LogP contribution in [-0.4, -0.2) is 38.6 Å². The molecule has 8 nitrogen and oxygen atoms in total. The average Bonchev–Trinajstić information content (AvgIpc) is 2.64. The van der Waals surface area contributed by atoms with Crippen molar-refractivity contribution in [1.29, 1.82) is 0 Å². The zero-order chi connectivity index (χ0) is 20.9. The van der Waals surface area contributed by atoms with Crippen LogP contribution in [0.3, 0.4) is 0 Å². The van der Waals surface area contributed by atoms with Gasteiger partial charge in [-0.25, -0.2) is 8.42 Å². The Morgan fingerprint density at radius 3 is 2.43 bits per heavy atom. The predicted molar refractivity (Wildman–Crippen MR) is 108 cm³/mol. The molecule has 2 aromatic carbocycles. The lowest BCUT2D eigenvalue weighted by atomic mass is 10.0. The summed E-state index contributed by atoms with van der Waals surface area (Å²) in [5.41, 5.74) is 1.44. The van der Waals surface area contributed by atoms with E-state index in [0.29, 0.717) is 12.1 Å². The lowest BCUT2D eigenvalue weighted by molar-refractivity contribution is -0.384. The molecule has 0 spiro atoms. The van der Waals surface area contributed by atoms with Crippen LogP contribution in [0.1, 0.15) is 24.0 Å². The highest BCUT2D eigenvalue weighted by atomic mass is 32.2. The highest BCUT2D eigenvalue weighted by Crippen LogP contribution is 2.27. The maximum atomic E-state index is 12.4. The van der Waals surface area contributed by atoms with Gasteiger partial charge >= 0.3 is 0 Å². The van der Waals surface area contributed by atoms with Crippen molar-refractivity contribution >= 4 is 27.3 Å². The van der Waals surface area contributed by atoms with Crippen molar-refractivity contribution in [2.24, 2.45) is 0 Å². The highest BCUT2D eigenvalue weighted by Gasteiger charge is 2.24. The minimum Gasteiger partial charge on any atom is -0.354 e. The van der Waals surface area contributed by atoms with E-state index in [4.69, 9.17) is 0 Å². The molecule has 150 valence electrons. The lowest BCUT2D eigenvalue weighted by Gasteiger charge is -2.24. The Morgan fingerprint density at radius 2 is 1.86 bits per heavy atom. The van der Waals surface area contributed by atoms with E-state index >= 15 is 0 Å². The number of anilines is 1. The standard InChI is InChI=1S/C19H23N3O5S/c1-14-9-10-17(22(24)25)11-18(14)21(28(3,26)27)13-19(23)20-12-15(2)16-7-5-4-6-8-16/h4-11,15H,12-13H2,1-3H3,(H,20,23). The monoisotopic (exact) mass is 405 g/mol. The summed E-state index contributed by atoms with van der Waals surface area (Å²) in [5, 5.41) is 13.8. The van der Waals surface area contributed by atoms with Crippen molar-refractivity contribution in [3.63, 3.8) is 0 Å². The van der Waals surface area contributed by atoms with E-state index in [1.807, 2.05) is 37.3 Å². The molecule has 0 aliphatic heterocycles. The van der Waals surface area contributed by atoms with Gasteiger partial charge in [0.25, 0.3) is 5.69 Å². The third-order valence-electron chi connectivity index (χ3n) is 4.33. The molecule has 2 aromatic rings. The SMILES string of the molecule is Cc1ccc([N+](=O)[O-])cc1N(CC(=O)NCC(C)c1ccccc1)S(C)(=O)=O. The molecule has 1 amide bonds. The molecular weight excluding hydrogens is 382 g/mol. The van der Waals surface area contributed by atoms with E-state index in [0.717, 1.165) is 22.2 Å². The smallest absolute Gasteiger partial charge is 0.271 e. The van der Waals surface area contributed by atoms with E-state index in [2.05, 4.69) is 5.32 Å². The summed E-state index contributed by atoms with van der Waals surface area (Å²) >= 11 is 0. The lowest BCUT2D eigenvalue weighted by Crippen LogP contribution is -2.41. The molecule has 0 saturated carbocycles. The number of sulfonamides is 1. The second-order valence-corrected chi connectivity index (χ2v) is 8.52. The maximum Gasteiger partial charge on any atom is 0.271 e. The molecule has 0 bridgehead atoms. The van der Waals surface area contributed by atoms with Gasteiger partial charge in [0, 0.05) is 18.7 Å². The molecule has 0 fully saturated rings. The largest absolute Gasteiger partial charge is 0.354 e.